The van der Waals surface area contributed by atoms with Crippen LogP contribution in [0.4, 0.5) is 5.69 Å². The topological polar surface area (TPSA) is 43.3 Å². The van der Waals surface area contributed by atoms with E-state index in [0.29, 0.717) is 0 Å². The Morgan fingerprint density at radius 3 is 2.33 bits per heavy atom. The molecule has 3 nitrogen and oxygen atoms in total. The molecule has 0 bridgehead atoms. The Bertz CT molecular complexity index is 872. The zero-order chi connectivity index (χ0) is 18.2. The summed E-state index contributed by atoms with van der Waals surface area (Å²) in [4.78, 5) is 5.92. The van der Waals surface area contributed by atoms with E-state index < -0.39 is 0 Å². The van der Waals surface area contributed by atoms with E-state index in [0.717, 1.165) is 40.9 Å². The van der Waals surface area contributed by atoms with Crippen LogP contribution in [0, 0.1) is 0 Å². The average Bonchev–Trinajstić information content (AvgIpc) is 3.05. The van der Waals surface area contributed by atoms with Gasteiger partial charge in [-0.15, -0.1) is 23.7 Å². The van der Waals surface area contributed by atoms with Crippen LogP contribution in [0.25, 0.3) is 11.3 Å². The molecule has 0 atom stereocenters. The zero-order valence-electron chi connectivity index (χ0n) is 15.2. The Balaban J connectivity index is 0.00000261. The number of hydrogen-bond acceptors (Lipinski definition) is 3. The van der Waals surface area contributed by atoms with E-state index >= 15 is 0 Å². The lowest BCUT2D eigenvalue weighted by Gasteiger charge is -2.09. The summed E-state index contributed by atoms with van der Waals surface area (Å²) in [6.45, 7) is 1.76. The molecule has 2 aromatic carbocycles. The summed E-state index contributed by atoms with van der Waals surface area (Å²) in [5.41, 5.74) is 9.05. The van der Waals surface area contributed by atoms with Gasteiger partial charge in [-0.3, -0.25) is 0 Å². The fourth-order valence-electron chi connectivity index (χ4n) is 2.87. The van der Waals surface area contributed by atoms with Crippen molar-refractivity contribution in [2.45, 2.75) is 32.2 Å². The van der Waals surface area contributed by atoms with Crippen LogP contribution < -0.4 is 10.5 Å². The van der Waals surface area contributed by atoms with Gasteiger partial charge in [-0.1, -0.05) is 59.1 Å². The first-order valence-electron chi connectivity index (χ1n) is 9.02. The molecule has 0 aliphatic carbocycles. The monoisotopic (exact) mass is 465 g/mol. The van der Waals surface area contributed by atoms with Crippen LogP contribution >= 0.6 is 39.7 Å². The molecule has 27 heavy (non-hydrogen) atoms. The maximum Gasteiger partial charge on any atom is 0.190 e. The van der Waals surface area contributed by atoms with Crippen molar-refractivity contribution in [3.05, 3.63) is 69.3 Å². The van der Waals surface area contributed by atoms with Gasteiger partial charge in [0.05, 0.1) is 11.4 Å². The van der Waals surface area contributed by atoms with Crippen molar-refractivity contribution in [3.63, 3.8) is 0 Å². The molecule has 0 saturated heterocycles. The number of thiazole rings is 1. The molecule has 1 aromatic heterocycles. The molecule has 3 aromatic rings. The minimum atomic E-state index is 0. The van der Waals surface area contributed by atoms with Crippen LogP contribution in [0.1, 0.15) is 25.7 Å². The Kier molecular flexibility index (Phi) is 9.28. The highest BCUT2D eigenvalue weighted by molar-refractivity contribution is 9.10. The van der Waals surface area contributed by atoms with Gasteiger partial charge in [-0.2, -0.15) is 0 Å². The van der Waals surface area contributed by atoms with Gasteiger partial charge in [0, 0.05) is 16.4 Å². The predicted octanol–water partition coefficient (Wildman–Crippen LogP) is 6.15. The number of halogens is 2. The van der Waals surface area contributed by atoms with Gasteiger partial charge in [0.15, 0.2) is 4.80 Å². The third-order valence-corrected chi connectivity index (χ3v) is 5.65. The van der Waals surface area contributed by atoms with Gasteiger partial charge in [0.2, 0.25) is 0 Å². The molecule has 0 amide bonds. The standard InChI is InChI=1S/C21H24BrN3S.ClH/c22-18-12-10-17(11-13-18)20-16-26-21(24-19-8-4-3-5-9-19)25(20)15-7-2-1-6-14-23;/h3-5,8-13,16H,1-2,6-7,14-15,23H2;1H. The highest BCUT2D eigenvalue weighted by Gasteiger charge is 2.08. The maximum atomic E-state index is 5.61. The van der Waals surface area contributed by atoms with Gasteiger partial charge < -0.3 is 10.3 Å². The molecule has 0 aliphatic heterocycles. The summed E-state index contributed by atoms with van der Waals surface area (Å²) in [5.74, 6) is 0. The van der Waals surface area contributed by atoms with Crippen molar-refractivity contribution >= 4 is 45.4 Å². The van der Waals surface area contributed by atoms with Crippen LogP contribution in [0.5, 0.6) is 0 Å². The Morgan fingerprint density at radius 2 is 1.63 bits per heavy atom. The number of hydrogen-bond donors (Lipinski definition) is 1. The second-order valence-electron chi connectivity index (χ2n) is 6.21. The van der Waals surface area contributed by atoms with Gasteiger partial charge in [0.1, 0.15) is 0 Å². The normalized spacial score (nSPS) is 11.4. The van der Waals surface area contributed by atoms with E-state index in [1.807, 2.05) is 30.3 Å². The lowest BCUT2D eigenvalue weighted by atomic mass is 10.1. The van der Waals surface area contributed by atoms with E-state index in [4.69, 9.17) is 10.7 Å². The number of benzene rings is 2. The van der Waals surface area contributed by atoms with Gasteiger partial charge in [-0.05, 0) is 49.2 Å². The quantitative estimate of drug-likeness (QED) is 0.397. The first kappa shape index (κ1) is 21.9. The van der Waals surface area contributed by atoms with Crippen molar-refractivity contribution in [2.24, 2.45) is 10.7 Å². The predicted molar refractivity (Wildman–Crippen MR) is 122 cm³/mol. The number of para-hydroxylation sites is 1. The molecule has 2 N–H and O–H groups in total. The number of unbranched alkanes of at least 4 members (excludes halogenated alkanes) is 3. The van der Waals surface area contributed by atoms with E-state index in [1.54, 1.807) is 11.3 Å². The second kappa shape index (κ2) is 11.4. The Labute approximate surface area is 179 Å². The smallest absolute Gasteiger partial charge is 0.190 e. The van der Waals surface area contributed by atoms with Gasteiger partial charge in [-0.25, -0.2) is 4.99 Å². The molecular weight excluding hydrogens is 442 g/mol. The van der Waals surface area contributed by atoms with E-state index in [9.17, 15) is 0 Å². The SMILES string of the molecule is Cl.NCCCCCCn1c(-c2ccc(Br)cc2)csc1=Nc1ccccc1. The molecule has 0 radical (unpaired) electrons. The van der Waals surface area contributed by atoms with Gasteiger partial charge in [0.25, 0.3) is 0 Å². The molecule has 3 rings (SSSR count). The van der Waals surface area contributed by atoms with E-state index in [-0.39, 0.29) is 12.4 Å². The largest absolute Gasteiger partial charge is 0.330 e. The fraction of sp³-hybridized carbons (Fsp3) is 0.286. The zero-order valence-corrected chi connectivity index (χ0v) is 18.4. The maximum absolute atomic E-state index is 5.61. The molecule has 0 saturated carbocycles. The summed E-state index contributed by atoms with van der Waals surface area (Å²) in [6, 6.07) is 18.7. The first-order chi connectivity index (χ1) is 12.8. The number of rotatable bonds is 8. The molecule has 0 aliphatic rings. The number of aromatic nitrogens is 1. The van der Waals surface area contributed by atoms with Crippen molar-refractivity contribution < 1.29 is 0 Å². The molecule has 0 unspecified atom stereocenters. The molecule has 144 valence electrons. The highest BCUT2D eigenvalue weighted by atomic mass is 79.9. The number of nitrogens with two attached hydrogens (primary N) is 1. The number of nitrogens with zero attached hydrogens (tertiary/aromatic N) is 2. The minimum absolute atomic E-state index is 0. The molecule has 0 spiro atoms. The molecule has 1 heterocycles. The van der Waals surface area contributed by atoms with Crippen molar-refractivity contribution in [1.29, 1.82) is 0 Å². The summed E-state index contributed by atoms with van der Waals surface area (Å²) in [5, 5.41) is 2.21. The highest BCUT2D eigenvalue weighted by Crippen LogP contribution is 2.23. The second-order valence-corrected chi connectivity index (χ2v) is 7.96. The summed E-state index contributed by atoms with van der Waals surface area (Å²) in [6.07, 6.45) is 4.64. The van der Waals surface area contributed by atoms with Crippen LogP contribution in [0.15, 0.2) is 69.4 Å². The lowest BCUT2D eigenvalue weighted by molar-refractivity contribution is 0.570. The summed E-state index contributed by atoms with van der Waals surface area (Å²) in [7, 11) is 0. The van der Waals surface area contributed by atoms with Crippen LogP contribution in [0.2, 0.25) is 0 Å². The van der Waals surface area contributed by atoms with Crippen LogP contribution in [-0.4, -0.2) is 11.1 Å². The molecule has 0 fully saturated rings. The van der Waals surface area contributed by atoms with Crippen LogP contribution in [0.3, 0.4) is 0 Å². The fourth-order valence-corrected chi connectivity index (χ4v) is 4.09. The summed E-state index contributed by atoms with van der Waals surface area (Å²) < 4.78 is 3.45. The Morgan fingerprint density at radius 1 is 0.926 bits per heavy atom. The third-order valence-electron chi connectivity index (χ3n) is 4.25. The van der Waals surface area contributed by atoms with Crippen LogP contribution in [-0.2, 0) is 6.54 Å². The Hall–Kier alpha value is -1.40. The van der Waals surface area contributed by atoms with E-state index in [2.05, 4.69) is 50.1 Å². The van der Waals surface area contributed by atoms with Crippen molar-refractivity contribution in [2.75, 3.05) is 6.54 Å². The molecular formula is C21H25BrClN3S. The van der Waals surface area contributed by atoms with Gasteiger partial charge >= 0.3 is 0 Å². The average molecular weight is 467 g/mol. The third kappa shape index (κ3) is 6.32. The van der Waals surface area contributed by atoms with E-state index in [1.165, 1.54) is 24.1 Å². The van der Waals surface area contributed by atoms with Crippen molar-refractivity contribution in [3.8, 4) is 11.3 Å². The summed E-state index contributed by atoms with van der Waals surface area (Å²) >= 11 is 5.22. The molecule has 6 heteroatoms. The minimum Gasteiger partial charge on any atom is -0.330 e. The first-order valence-corrected chi connectivity index (χ1v) is 10.7. The lowest BCUT2D eigenvalue weighted by Crippen LogP contribution is -2.16. The van der Waals surface area contributed by atoms with Crippen molar-refractivity contribution in [1.82, 2.24) is 4.57 Å².